The third kappa shape index (κ3) is 3.71. The van der Waals surface area contributed by atoms with Gasteiger partial charge in [-0.15, -0.1) is 0 Å². The van der Waals surface area contributed by atoms with Gasteiger partial charge in [-0.3, -0.25) is 4.79 Å². The molecule has 25 heavy (non-hydrogen) atoms. The van der Waals surface area contributed by atoms with Crippen molar-refractivity contribution in [2.45, 2.75) is 37.2 Å². The van der Waals surface area contributed by atoms with E-state index in [1.54, 1.807) is 6.92 Å². The molecule has 0 radical (unpaired) electrons. The lowest BCUT2D eigenvalue weighted by atomic mass is 10.2. The van der Waals surface area contributed by atoms with Crippen molar-refractivity contribution in [3.05, 3.63) is 23.8 Å². The zero-order valence-corrected chi connectivity index (χ0v) is 15.4. The normalized spacial score (nSPS) is 23.3. The van der Waals surface area contributed by atoms with Crippen LogP contribution in [0.3, 0.4) is 0 Å². The van der Waals surface area contributed by atoms with Crippen LogP contribution in [0.2, 0.25) is 0 Å². The summed E-state index contributed by atoms with van der Waals surface area (Å²) in [6.45, 7) is 2.40. The molecule has 2 aliphatic heterocycles. The van der Waals surface area contributed by atoms with Gasteiger partial charge in [-0.05, 0) is 43.5 Å². The standard InChI is InChI=1S/C15H20N2O6S2/c1-11-9-12(17-15(18)6-8-24(17,19)20)4-5-14(11)25(21,22)16-10-13-3-2-7-23-13/h4-5,9,13,16H,2-3,6-8,10H2,1H3/t13-/m1/s1. The second kappa shape index (κ2) is 6.67. The zero-order chi connectivity index (χ0) is 18.2. The molecule has 2 heterocycles. The van der Waals surface area contributed by atoms with Crippen molar-refractivity contribution in [2.75, 3.05) is 23.2 Å². The van der Waals surface area contributed by atoms with Crippen LogP contribution in [0.5, 0.6) is 0 Å². The minimum Gasteiger partial charge on any atom is -0.377 e. The Kier molecular flexibility index (Phi) is 4.89. The van der Waals surface area contributed by atoms with Crippen LogP contribution >= 0.6 is 0 Å². The van der Waals surface area contributed by atoms with E-state index in [1.807, 2.05) is 0 Å². The highest BCUT2D eigenvalue weighted by Gasteiger charge is 2.36. The molecular formula is C15H20N2O6S2. The number of carbonyl (C=O) groups is 1. The molecule has 1 amide bonds. The first-order chi connectivity index (χ1) is 11.7. The first-order valence-electron chi connectivity index (χ1n) is 7.98. The molecular weight excluding hydrogens is 368 g/mol. The molecule has 0 spiro atoms. The molecule has 2 saturated heterocycles. The topological polar surface area (TPSA) is 110 Å². The molecule has 1 aromatic rings. The van der Waals surface area contributed by atoms with Crippen LogP contribution in [0.4, 0.5) is 5.69 Å². The van der Waals surface area contributed by atoms with E-state index in [0.29, 0.717) is 12.2 Å². The quantitative estimate of drug-likeness (QED) is 0.787. The number of amides is 1. The number of hydrogen-bond acceptors (Lipinski definition) is 6. The van der Waals surface area contributed by atoms with Crippen LogP contribution in [-0.2, 0) is 29.6 Å². The van der Waals surface area contributed by atoms with Gasteiger partial charge in [0.15, 0.2) is 0 Å². The number of ether oxygens (including phenoxy) is 1. The lowest BCUT2D eigenvalue weighted by molar-refractivity contribution is -0.116. The lowest BCUT2D eigenvalue weighted by Crippen LogP contribution is -2.32. The fourth-order valence-electron chi connectivity index (χ4n) is 3.02. The number of benzene rings is 1. The average Bonchev–Trinajstić information content (AvgIpc) is 3.13. The molecule has 1 aromatic carbocycles. The van der Waals surface area contributed by atoms with Crippen LogP contribution in [0.25, 0.3) is 0 Å². The summed E-state index contributed by atoms with van der Waals surface area (Å²) >= 11 is 0. The molecule has 1 atom stereocenters. The Balaban J connectivity index is 1.83. The van der Waals surface area contributed by atoms with Gasteiger partial charge in [-0.1, -0.05) is 0 Å². The molecule has 0 unspecified atom stereocenters. The SMILES string of the molecule is Cc1cc(N2C(=O)CCS2(=O)=O)ccc1S(=O)(=O)NC[C@H]1CCCO1. The summed E-state index contributed by atoms with van der Waals surface area (Å²) < 4.78 is 57.6. The van der Waals surface area contributed by atoms with Crippen molar-refractivity contribution >= 4 is 31.6 Å². The predicted molar refractivity (Wildman–Crippen MR) is 91.2 cm³/mol. The number of aryl methyl sites for hydroxylation is 1. The van der Waals surface area contributed by atoms with Gasteiger partial charge < -0.3 is 4.74 Å². The van der Waals surface area contributed by atoms with Gasteiger partial charge >= 0.3 is 0 Å². The van der Waals surface area contributed by atoms with Crippen LogP contribution < -0.4 is 9.03 Å². The highest BCUT2D eigenvalue weighted by atomic mass is 32.2. The van der Waals surface area contributed by atoms with E-state index in [1.165, 1.54) is 18.2 Å². The molecule has 1 N–H and O–H groups in total. The largest absolute Gasteiger partial charge is 0.377 e. The average molecular weight is 388 g/mol. The summed E-state index contributed by atoms with van der Waals surface area (Å²) in [4.78, 5) is 11.9. The molecule has 138 valence electrons. The third-order valence-corrected chi connectivity index (χ3v) is 7.56. The van der Waals surface area contributed by atoms with Crippen LogP contribution in [0.15, 0.2) is 23.1 Å². The van der Waals surface area contributed by atoms with E-state index in [0.717, 1.165) is 17.1 Å². The van der Waals surface area contributed by atoms with Crippen LogP contribution in [-0.4, -0.2) is 47.8 Å². The summed E-state index contributed by atoms with van der Waals surface area (Å²) in [6.07, 6.45) is 1.54. The smallest absolute Gasteiger partial charge is 0.242 e. The Morgan fingerprint density at radius 3 is 2.68 bits per heavy atom. The number of nitrogens with zero attached hydrogens (tertiary/aromatic N) is 1. The molecule has 0 aliphatic carbocycles. The number of anilines is 1. The Hall–Kier alpha value is -1.49. The maximum absolute atomic E-state index is 12.5. The monoisotopic (exact) mass is 388 g/mol. The Morgan fingerprint density at radius 1 is 1.36 bits per heavy atom. The van der Waals surface area contributed by atoms with Crippen LogP contribution in [0.1, 0.15) is 24.8 Å². The van der Waals surface area contributed by atoms with E-state index in [2.05, 4.69) is 4.72 Å². The maximum Gasteiger partial charge on any atom is 0.242 e. The third-order valence-electron chi connectivity index (χ3n) is 4.29. The second-order valence-electron chi connectivity index (χ2n) is 6.16. The first kappa shape index (κ1) is 18.3. The zero-order valence-electron chi connectivity index (χ0n) is 13.8. The van der Waals surface area contributed by atoms with Gasteiger partial charge in [0.2, 0.25) is 26.0 Å². The summed E-state index contributed by atoms with van der Waals surface area (Å²) in [5, 5.41) is 0. The van der Waals surface area contributed by atoms with Gasteiger partial charge in [0, 0.05) is 19.6 Å². The molecule has 0 aromatic heterocycles. The van der Waals surface area contributed by atoms with Gasteiger partial charge in [0.1, 0.15) is 0 Å². The lowest BCUT2D eigenvalue weighted by Gasteiger charge is -2.17. The van der Waals surface area contributed by atoms with E-state index in [4.69, 9.17) is 4.74 Å². The van der Waals surface area contributed by atoms with E-state index < -0.39 is 26.0 Å². The molecule has 2 aliphatic rings. The van der Waals surface area contributed by atoms with E-state index in [-0.39, 0.29) is 35.4 Å². The van der Waals surface area contributed by atoms with Crippen molar-refractivity contribution in [3.63, 3.8) is 0 Å². The Morgan fingerprint density at radius 2 is 2.12 bits per heavy atom. The first-order valence-corrected chi connectivity index (χ1v) is 11.1. The second-order valence-corrected chi connectivity index (χ2v) is 9.83. The molecule has 0 saturated carbocycles. The van der Waals surface area contributed by atoms with Crippen molar-refractivity contribution in [2.24, 2.45) is 0 Å². The minimum absolute atomic E-state index is 0.0540. The molecule has 2 fully saturated rings. The van der Waals surface area contributed by atoms with Crippen molar-refractivity contribution < 1.29 is 26.4 Å². The highest BCUT2D eigenvalue weighted by molar-refractivity contribution is 7.94. The number of sulfonamides is 2. The fraction of sp³-hybridized carbons (Fsp3) is 0.533. The van der Waals surface area contributed by atoms with E-state index >= 15 is 0 Å². The van der Waals surface area contributed by atoms with Crippen molar-refractivity contribution in [1.29, 1.82) is 0 Å². The Labute approximate surface area is 147 Å². The fourth-order valence-corrected chi connectivity index (χ4v) is 5.76. The maximum atomic E-state index is 12.5. The molecule has 3 rings (SSSR count). The van der Waals surface area contributed by atoms with Crippen molar-refractivity contribution in [1.82, 2.24) is 4.72 Å². The molecule has 8 nitrogen and oxygen atoms in total. The van der Waals surface area contributed by atoms with Gasteiger partial charge in [-0.25, -0.2) is 25.9 Å². The summed E-state index contributed by atoms with van der Waals surface area (Å²) in [6, 6.07) is 4.07. The van der Waals surface area contributed by atoms with Crippen molar-refractivity contribution in [3.8, 4) is 0 Å². The summed E-state index contributed by atoms with van der Waals surface area (Å²) in [5.74, 6) is -0.736. The number of carbonyl (C=O) groups excluding carboxylic acids is 1. The minimum atomic E-state index is -3.74. The van der Waals surface area contributed by atoms with Crippen LogP contribution in [0, 0.1) is 6.92 Å². The number of hydrogen-bond donors (Lipinski definition) is 1. The number of rotatable bonds is 5. The van der Waals surface area contributed by atoms with Gasteiger partial charge in [-0.2, -0.15) is 0 Å². The predicted octanol–water partition coefficient (Wildman–Crippen LogP) is 0.519. The molecule has 10 heteroatoms. The Bertz CT molecular complexity index is 889. The van der Waals surface area contributed by atoms with E-state index in [9.17, 15) is 21.6 Å². The number of nitrogens with one attached hydrogen (secondary N) is 1. The summed E-state index contributed by atoms with van der Waals surface area (Å²) in [5.41, 5.74) is 0.533. The van der Waals surface area contributed by atoms with Gasteiger partial charge in [0.05, 0.1) is 22.4 Å². The summed E-state index contributed by atoms with van der Waals surface area (Å²) in [7, 11) is -7.42. The molecule has 0 bridgehead atoms. The van der Waals surface area contributed by atoms with Gasteiger partial charge in [0.25, 0.3) is 0 Å². The highest BCUT2D eigenvalue weighted by Crippen LogP contribution is 2.28.